The van der Waals surface area contributed by atoms with Crippen molar-refractivity contribution in [1.82, 2.24) is 9.80 Å². The van der Waals surface area contributed by atoms with Gasteiger partial charge in [-0.2, -0.15) is 0 Å². The Labute approximate surface area is 188 Å². The number of hydrogen-bond donors (Lipinski definition) is 1. The molecule has 7 heteroatoms. The van der Waals surface area contributed by atoms with Gasteiger partial charge in [0.15, 0.2) is 0 Å². The number of ether oxygens (including phenoxy) is 1. The number of halogens is 2. The molecule has 0 saturated carbocycles. The van der Waals surface area contributed by atoms with E-state index in [9.17, 15) is 13.6 Å². The van der Waals surface area contributed by atoms with Gasteiger partial charge in [-0.05, 0) is 69.1 Å². The van der Waals surface area contributed by atoms with Crippen LogP contribution in [0.5, 0.6) is 5.75 Å². The maximum atomic E-state index is 14.1. The minimum Gasteiger partial charge on any atom is -0.495 e. The molecule has 0 aromatic heterocycles. The van der Waals surface area contributed by atoms with E-state index in [0.717, 1.165) is 38.4 Å². The van der Waals surface area contributed by atoms with Crippen LogP contribution in [0.2, 0.25) is 0 Å². The second kappa shape index (κ2) is 9.96. The first-order valence-electron chi connectivity index (χ1n) is 11.2. The quantitative estimate of drug-likeness (QED) is 0.729. The van der Waals surface area contributed by atoms with Crippen LogP contribution in [0.3, 0.4) is 0 Å². The van der Waals surface area contributed by atoms with Crippen LogP contribution in [0.4, 0.5) is 14.5 Å². The molecule has 172 valence electrons. The molecular weight excluding hydrogens is 412 g/mol. The van der Waals surface area contributed by atoms with Gasteiger partial charge < -0.3 is 15.0 Å². The molecular formula is C25H31F2N3O2. The van der Waals surface area contributed by atoms with Gasteiger partial charge in [0, 0.05) is 31.2 Å². The number of rotatable bonds is 6. The molecule has 32 heavy (non-hydrogen) atoms. The van der Waals surface area contributed by atoms with E-state index in [2.05, 4.69) is 22.2 Å². The standard InChI is InChI=1S/C25H31F2N3O2/c1-29-14-19(25(31)28-22-7-3-4-8-24(22)32-2)13-23(29)17-6-5-11-30(15-17)16-18-12-20(26)9-10-21(18)27/h3-4,7-10,12,17,19,23H,5-6,11,13-16H2,1-2H3,(H,28,31)/t17-,19-,23+/m1/s1. The van der Waals surface area contributed by atoms with Crippen LogP contribution in [-0.4, -0.2) is 55.5 Å². The lowest BCUT2D eigenvalue weighted by Crippen LogP contribution is -2.43. The van der Waals surface area contributed by atoms with E-state index in [0.29, 0.717) is 42.0 Å². The molecule has 0 bridgehead atoms. The summed E-state index contributed by atoms with van der Waals surface area (Å²) in [4.78, 5) is 17.4. The zero-order valence-electron chi connectivity index (χ0n) is 18.7. The molecule has 0 radical (unpaired) electrons. The molecule has 4 rings (SSSR count). The highest BCUT2D eigenvalue weighted by molar-refractivity contribution is 5.94. The second-order valence-corrected chi connectivity index (χ2v) is 9.00. The Bertz CT molecular complexity index is 955. The highest BCUT2D eigenvalue weighted by Gasteiger charge is 2.39. The van der Waals surface area contributed by atoms with Gasteiger partial charge in [-0.25, -0.2) is 8.78 Å². The number of amides is 1. The first-order valence-corrected chi connectivity index (χ1v) is 11.2. The van der Waals surface area contributed by atoms with Crippen LogP contribution >= 0.6 is 0 Å². The number of carbonyl (C=O) groups excluding carboxylic acids is 1. The largest absolute Gasteiger partial charge is 0.495 e. The predicted octanol–water partition coefficient (Wildman–Crippen LogP) is 4.14. The van der Waals surface area contributed by atoms with Crippen LogP contribution in [0.15, 0.2) is 42.5 Å². The molecule has 2 heterocycles. The minimum atomic E-state index is -0.408. The lowest BCUT2D eigenvalue weighted by Gasteiger charge is -2.38. The van der Waals surface area contributed by atoms with Gasteiger partial charge in [-0.15, -0.1) is 0 Å². The Morgan fingerprint density at radius 1 is 1.19 bits per heavy atom. The van der Waals surface area contributed by atoms with Crippen molar-refractivity contribution in [2.45, 2.75) is 31.8 Å². The minimum absolute atomic E-state index is 0.0124. The molecule has 2 aliphatic rings. The lowest BCUT2D eigenvalue weighted by atomic mass is 9.87. The number of methoxy groups -OCH3 is 1. The summed E-state index contributed by atoms with van der Waals surface area (Å²) >= 11 is 0. The molecule has 3 atom stereocenters. The van der Waals surface area contributed by atoms with Gasteiger partial charge in [-0.1, -0.05) is 12.1 Å². The molecule has 5 nitrogen and oxygen atoms in total. The summed E-state index contributed by atoms with van der Waals surface area (Å²) in [6, 6.07) is 11.4. The van der Waals surface area contributed by atoms with Crippen molar-refractivity contribution in [2.75, 3.05) is 39.1 Å². The topological polar surface area (TPSA) is 44.8 Å². The molecule has 0 spiro atoms. The first-order chi connectivity index (χ1) is 15.4. The third-order valence-electron chi connectivity index (χ3n) is 6.82. The number of carbonyl (C=O) groups is 1. The first kappa shape index (κ1) is 22.7. The molecule has 0 aliphatic carbocycles. The molecule has 2 aromatic carbocycles. The molecule has 1 N–H and O–H groups in total. The van der Waals surface area contributed by atoms with E-state index in [4.69, 9.17) is 4.74 Å². The summed E-state index contributed by atoms with van der Waals surface area (Å²) in [6.45, 7) is 2.82. The van der Waals surface area contributed by atoms with Crippen LogP contribution in [-0.2, 0) is 11.3 Å². The van der Waals surface area contributed by atoms with Crippen molar-refractivity contribution in [3.05, 3.63) is 59.7 Å². The zero-order valence-corrected chi connectivity index (χ0v) is 18.7. The summed E-state index contributed by atoms with van der Waals surface area (Å²) in [5.41, 5.74) is 1.09. The number of hydrogen-bond acceptors (Lipinski definition) is 4. The summed E-state index contributed by atoms with van der Waals surface area (Å²) in [7, 11) is 3.67. The van der Waals surface area contributed by atoms with Crippen LogP contribution < -0.4 is 10.1 Å². The fourth-order valence-electron chi connectivity index (χ4n) is 5.21. The number of benzene rings is 2. The van der Waals surface area contributed by atoms with Crippen molar-refractivity contribution in [3.8, 4) is 5.75 Å². The number of anilines is 1. The van der Waals surface area contributed by atoms with Gasteiger partial charge >= 0.3 is 0 Å². The third kappa shape index (κ3) is 5.10. The van der Waals surface area contributed by atoms with E-state index in [-0.39, 0.29) is 17.6 Å². The Hall–Kier alpha value is -2.51. The maximum Gasteiger partial charge on any atom is 0.228 e. The molecule has 2 fully saturated rings. The lowest BCUT2D eigenvalue weighted by molar-refractivity contribution is -0.119. The Kier molecular flexibility index (Phi) is 7.06. The SMILES string of the molecule is COc1ccccc1NC(=O)[C@@H]1C[C@@H]([C@@H]2CCCN(Cc3cc(F)ccc3F)C2)N(C)C1. The summed E-state index contributed by atoms with van der Waals surface area (Å²) < 4.78 is 33.0. The zero-order chi connectivity index (χ0) is 22.7. The fraction of sp³-hybridized carbons (Fsp3) is 0.480. The number of piperidine rings is 1. The van der Waals surface area contributed by atoms with E-state index >= 15 is 0 Å². The predicted molar refractivity (Wildman–Crippen MR) is 121 cm³/mol. The van der Waals surface area contributed by atoms with Crippen LogP contribution in [0.25, 0.3) is 0 Å². The van der Waals surface area contributed by atoms with Crippen molar-refractivity contribution in [3.63, 3.8) is 0 Å². The monoisotopic (exact) mass is 443 g/mol. The van der Waals surface area contributed by atoms with Crippen molar-refractivity contribution in [2.24, 2.45) is 11.8 Å². The van der Waals surface area contributed by atoms with Crippen LogP contribution in [0, 0.1) is 23.5 Å². The maximum absolute atomic E-state index is 14.1. The second-order valence-electron chi connectivity index (χ2n) is 9.00. The highest BCUT2D eigenvalue weighted by atomic mass is 19.1. The highest BCUT2D eigenvalue weighted by Crippen LogP contribution is 2.34. The van der Waals surface area contributed by atoms with Gasteiger partial charge in [0.25, 0.3) is 0 Å². The van der Waals surface area contributed by atoms with E-state index in [1.807, 2.05) is 24.3 Å². The normalized spacial score (nSPS) is 24.4. The Morgan fingerprint density at radius 2 is 2.00 bits per heavy atom. The van der Waals surface area contributed by atoms with Gasteiger partial charge in [0.05, 0.1) is 18.7 Å². The number of para-hydroxylation sites is 2. The summed E-state index contributed by atoms with van der Waals surface area (Å²) in [5.74, 6) is 0.198. The third-order valence-corrected chi connectivity index (χ3v) is 6.82. The van der Waals surface area contributed by atoms with Crippen molar-refractivity contribution >= 4 is 11.6 Å². The van der Waals surface area contributed by atoms with Gasteiger partial charge in [0.1, 0.15) is 17.4 Å². The molecule has 2 aliphatic heterocycles. The molecule has 0 unspecified atom stereocenters. The smallest absolute Gasteiger partial charge is 0.228 e. The Balaban J connectivity index is 1.37. The van der Waals surface area contributed by atoms with Gasteiger partial charge in [0.2, 0.25) is 5.91 Å². The number of nitrogens with one attached hydrogen (secondary N) is 1. The number of likely N-dealkylation sites (tertiary alicyclic amines) is 2. The average molecular weight is 444 g/mol. The average Bonchev–Trinajstić information content (AvgIpc) is 3.19. The molecule has 2 saturated heterocycles. The van der Waals surface area contributed by atoms with E-state index in [1.165, 1.54) is 12.1 Å². The van der Waals surface area contributed by atoms with Crippen molar-refractivity contribution < 1.29 is 18.3 Å². The number of nitrogens with zero attached hydrogens (tertiary/aromatic N) is 2. The van der Waals surface area contributed by atoms with E-state index < -0.39 is 5.82 Å². The fourth-order valence-corrected chi connectivity index (χ4v) is 5.21. The molecule has 1 amide bonds. The Morgan fingerprint density at radius 3 is 2.81 bits per heavy atom. The van der Waals surface area contributed by atoms with Gasteiger partial charge in [-0.3, -0.25) is 9.69 Å². The van der Waals surface area contributed by atoms with Crippen LogP contribution in [0.1, 0.15) is 24.8 Å². The molecule has 2 aromatic rings. The van der Waals surface area contributed by atoms with Crippen molar-refractivity contribution in [1.29, 1.82) is 0 Å². The van der Waals surface area contributed by atoms with E-state index in [1.54, 1.807) is 7.11 Å². The summed E-state index contributed by atoms with van der Waals surface area (Å²) in [6.07, 6.45) is 2.90. The summed E-state index contributed by atoms with van der Waals surface area (Å²) in [5, 5.41) is 3.02.